The van der Waals surface area contributed by atoms with E-state index in [2.05, 4.69) is 5.32 Å². The number of anilines is 1. The van der Waals surface area contributed by atoms with Gasteiger partial charge in [-0.15, -0.1) is 0 Å². The Hall–Kier alpha value is -3.22. The van der Waals surface area contributed by atoms with Crippen LogP contribution in [0.5, 0.6) is 17.2 Å². The molecule has 7 heteroatoms. The second-order valence-corrected chi connectivity index (χ2v) is 5.33. The summed E-state index contributed by atoms with van der Waals surface area (Å²) in [6.45, 7) is 1.16. The predicted octanol–water partition coefficient (Wildman–Crippen LogP) is 2.57. The van der Waals surface area contributed by atoms with E-state index in [4.69, 9.17) is 18.9 Å². The molecule has 1 amide bonds. The summed E-state index contributed by atoms with van der Waals surface area (Å²) >= 11 is 0. The highest BCUT2D eigenvalue weighted by Gasteiger charge is 2.12. The number of ether oxygens (including phenoxy) is 4. The van der Waals surface area contributed by atoms with Gasteiger partial charge in [-0.1, -0.05) is 18.2 Å². The number of methoxy groups -OCH3 is 2. The van der Waals surface area contributed by atoms with E-state index in [9.17, 15) is 9.59 Å². The van der Waals surface area contributed by atoms with Crippen LogP contribution in [0, 0.1) is 6.92 Å². The van der Waals surface area contributed by atoms with Gasteiger partial charge < -0.3 is 24.3 Å². The molecule has 26 heavy (non-hydrogen) atoms. The van der Waals surface area contributed by atoms with E-state index in [1.54, 1.807) is 24.3 Å². The van der Waals surface area contributed by atoms with Crippen LogP contribution in [0.25, 0.3) is 0 Å². The lowest BCUT2D eigenvalue weighted by molar-refractivity contribution is -0.149. The number of rotatable bonds is 8. The van der Waals surface area contributed by atoms with Crippen molar-refractivity contribution in [1.29, 1.82) is 0 Å². The van der Waals surface area contributed by atoms with Gasteiger partial charge in [0.15, 0.2) is 13.2 Å². The van der Waals surface area contributed by atoms with Gasteiger partial charge in [0, 0.05) is 6.07 Å². The molecule has 7 nitrogen and oxygen atoms in total. The molecule has 2 aromatic carbocycles. The standard InChI is InChI=1S/C19H21NO6/c1-13-6-4-5-7-16(13)25-12-19(22)26-11-18(21)20-15-10-14(23-2)8-9-17(15)24-3/h4-10H,11-12H2,1-3H3,(H,20,21). The van der Waals surface area contributed by atoms with E-state index in [0.717, 1.165) is 5.56 Å². The molecule has 2 rings (SSSR count). The first kappa shape index (κ1) is 19.1. The van der Waals surface area contributed by atoms with Crippen LogP contribution in [0.15, 0.2) is 42.5 Å². The maximum absolute atomic E-state index is 12.0. The first-order chi connectivity index (χ1) is 12.5. The molecule has 2 aromatic rings. The number of carbonyl (C=O) groups is 2. The SMILES string of the molecule is COc1ccc(OC)c(NC(=O)COC(=O)COc2ccccc2C)c1. The largest absolute Gasteiger partial charge is 0.497 e. The summed E-state index contributed by atoms with van der Waals surface area (Å²) < 4.78 is 20.6. The molecular formula is C19H21NO6. The van der Waals surface area contributed by atoms with E-state index in [1.165, 1.54) is 14.2 Å². The molecule has 0 spiro atoms. The van der Waals surface area contributed by atoms with E-state index in [0.29, 0.717) is 22.9 Å². The number of hydrogen-bond acceptors (Lipinski definition) is 6. The van der Waals surface area contributed by atoms with Crippen molar-refractivity contribution in [3.63, 3.8) is 0 Å². The van der Waals surface area contributed by atoms with E-state index in [-0.39, 0.29) is 6.61 Å². The van der Waals surface area contributed by atoms with Gasteiger partial charge >= 0.3 is 5.97 Å². The Bertz CT molecular complexity index is 774. The molecular weight excluding hydrogens is 338 g/mol. The number of nitrogens with one attached hydrogen (secondary N) is 1. The Balaban J connectivity index is 1.83. The molecule has 0 aliphatic rings. The van der Waals surface area contributed by atoms with Gasteiger partial charge in [-0.2, -0.15) is 0 Å². The minimum Gasteiger partial charge on any atom is -0.497 e. The zero-order valence-corrected chi connectivity index (χ0v) is 14.9. The number of esters is 1. The molecule has 0 aromatic heterocycles. The lowest BCUT2D eigenvalue weighted by Gasteiger charge is -2.12. The molecule has 138 valence electrons. The monoisotopic (exact) mass is 359 g/mol. The topological polar surface area (TPSA) is 83.1 Å². The average molecular weight is 359 g/mol. The Morgan fingerprint density at radius 3 is 2.42 bits per heavy atom. The van der Waals surface area contributed by atoms with Crippen molar-refractivity contribution < 1.29 is 28.5 Å². The Kier molecular flexibility index (Phi) is 6.84. The molecule has 0 saturated heterocycles. The Morgan fingerprint density at radius 1 is 0.962 bits per heavy atom. The minimum absolute atomic E-state index is 0.277. The zero-order chi connectivity index (χ0) is 18.9. The van der Waals surface area contributed by atoms with Crippen LogP contribution in [-0.4, -0.2) is 39.3 Å². The van der Waals surface area contributed by atoms with Crippen LogP contribution >= 0.6 is 0 Å². The normalized spacial score (nSPS) is 9.96. The highest BCUT2D eigenvalue weighted by atomic mass is 16.6. The number of aryl methyl sites for hydroxylation is 1. The third-order valence-electron chi connectivity index (χ3n) is 3.48. The fraction of sp³-hybridized carbons (Fsp3) is 0.263. The van der Waals surface area contributed by atoms with Gasteiger partial charge in [-0.3, -0.25) is 4.79 Å². The molecule has 0 fully saturated rings. The fourth-order valence-corrected chi connectivity index (χ4v) is 2.14. The van der Waals surface area contributed by atoms with E-state index < -0.39 is 18.5 Å². The molecule has 0 unspecified atom stereocenters. The van der Waals surface area contributed by atoms with Crippen molar-refractivity contribution in [3.8, 4) is 17.2 Å². The van der Waals surface area contributed by atoms with Crippen molar-refractivity contribution in [3.05, 3.63) is 48.0 Å². The summed E-state index contributed by atoms with van der Waals surface area (Å²) in [4.78, 5) is 23.7. The molecule has 1 N–H and O–H groups in total. The Labute approximate surface area is 151 Å². The van der Waals surface area contributed by atoms with Crippen molar-refractivity contribution in [2.45, 2.75) is 6.92 Å². The maximum atomic E-state index is 12.0. The lowest BCUT2D eigenvalue weighted by atomic mass is 10.2. The van der Waals surface area contributed by atoms with Crippen LogP contribution < -0.4 is 19.5 Å². The third kappa shape index (κ3) is 5.41. The van der Waals surface area contributed by atoms with Gasteiger partial charge in [0.05, 0.1) is 19.9 Å². The number of amides is 1. The summed E-state index contributed by atoms with van der Waals surface area (Å²) in [5, 5.41) is 2.61. The summed E-state index contributed by atoms with van der Waals surface area (Å²) in [5.41, 5.74) is 1.33. The van der Waals surface area contributed by atoms with Crippen LogP contribution in [0.3, 0.4) is 0 Å². The molecule has 0 aliphatic carbocycles. The average Bonchev–Trinajstić information content (AvgIpc) is 2.65. The molecule has 0 aliphatic heterocycles. The van der Waals surface area contributed by atoms with Crippen LogP contribution in [0.1, 0.15) is 5.56 Å². The van der Waals surface area contributed by atoms with Crippen molar-refractivity contribution in [2.75, 3.05) is 32.8 Å². The van der Waals surface area contributed by atoms with Gasteiger partial charge in [0.2, 0.25) is 0 Å². The van der Waals surface area contributed by atoms with E-state index >= 15 is 0 Å². The summed E-state index contributed by atoms with van der Waals surface area (Å²) in [6, 6.07) is 12.3. The predicted molar refractivity (Wildman–Crippen MR) is 95.8 cm³/mol. The third-order valence-corrected chi connectivity index (χ3v) is 3.48. The number of benzene rings is 2. The van der Waals surface area contributed by atoms with Gasteiger partial charge in [-0.05, 0) is 30.7 Å². The molecule has 0 heterocycles. The first-order valence-electron chi connectivity index (χ1n) is 7.89. The number of hydrogen-bond donors (Lipinski definition) is 1. The second-order valence-electron chi connectivity index (χ2n) is 5.33. The lowest BCUT2D eigenvalue weighted by Crippen LogP contribution is -2.24. The molecule has 0 radical (unpaired) electrons. The van der Waals surface area contributed by atoms with Crippen LogP contribution in [-0.2, 0) is 14.3 Å². The van der Waals surface area contributed by atoms with E-state index in [1.807, 2.05) is 25.1 Å². The molecule has 0 saturated carbocycles. The summed E-state index contributed by atoms with van der Waals surface area (Å²) in [7, 11) is 3.00. The smallest absolute Gasteiger partial charge is 0.344 e. The van der Waals surface area contributed by atoms with Crippen molar-refractivity contribution in [2.24, 2.45) is 0 Å². The van der Waals surface area contributed by atoms with Crippen LogP contribution in [0.4, 0.5) is 5.69 Å². The molecule has 0 atom stereocenters. The molecule has 0 bridgehead atoms. The van der Waals surface area contributed by atoms with Gasteiger partial charge in [0.25, 0.3) is 5.91 Å². The second kappa shape index (κ2) is 9.31. The Morgan fingerprint density at radius 2 is 1.73 bits per heavy atom. The summed E-state index contributed by atoms with van der Waals surface area (Å²) in [5.74, 6) is 0.481. The van der Waals surface area contributed by atoms with Crippen molar-refractivity contribution >= 4 is 17.6 Å². The highest BCUT2D eigenvalue weighted by molar-refractivity contribution is 5.94. The summed E-state index contributed by atoms with van der Waals surface area (Å²) in [6.07, 6.45) is 0. The quantitative estimate of drug-likeness (QED) is 0.730. The van der Waals surface area contributed by atoms with Gasteiger partial charge in [0.1, 0.15) is 17.2 Å². The minimum atomic E-state index is -0.638. The fourth-order valence-electron chi connectivity index (χ4n) is 2.14. The number of para-hydroxylation sites is 1. The zero-order valence-electron chi connectivity index (χ0n) is 14.9. The van der Waals surface area contributed by atoms with Gasteiger partial charge in [-0.25, -0.2) is 4.79 Å². The maximum Gasteiger partial charge on any atom is 0.344 e. The van der Waals surface area contributed by atoms with Crippen molar-refractivity contribution in [1.82, 2.24) is 0 Å². The highest BCUT2D eigenvalue weighted by Crippen LogP contribution is 2.28. The van der Waals surface area contributed by atoms with Crippen LogP contribution in [0.2, 0.25) is 0 Å². The number of carbonyl (C=O) groups excluding carboxylic acids is 2. The first-order valence-corrected chi connectivity index (χ1v) is 7.89.